The van der Waals surface area contributed by atoms with Crippen LogP contribution in [0, 0.1) is 13.8 Å². The van der Waals surface area contributed by atoms with Gasteiger partial charge in [-0.2, -0.15) is 0 Å². The second-order valence-electron chi connectivity index (χ2n) is 4.84. The highest BCUT2D eigenvalue weighted by molar-refractivity contribution is 7.80. The molecule has 0 aliphatic heterocycles. The van der Waals surface area contributed by atoms with Crippen LogP contribution in [0.15, 0.2) is 42.5 Å². The van der Waals surface area contributed by atoms with Crippen LogP contribution in [0.4, 0.5) is 5.82 Å². The summed E-state index contributed by atoms with van der Waals surface area (Å²) in [4.78, 5) is 4.37. The van der Waals surface area contributed by atoms with E-state index in [0.29, 0.717) is 5.11 Å². The van der Waals surface area contributed by atoms with Gasteiger partial charge in [0.2, 0.25) is 0 Å². The van der Waals surface area contributed by atoms with Gasteiger partial charge in [0.15, 0.2) is 5.11 Å². The van der Waals surface area contributed by atoms with E-state index in [2.05, 4.69) is 41.6 Å². The fourth-order valence-electron chi connectivity index (χ4n) is 2.11. The normalized spacial score (nSPS) is 11.8. The van der Waals surface area contributed by atoms with Crippen molar-refractivity contribution in [2.24, 2.45) is 0 Å². The summed E-state index contributed by atoms with van der Waals surface area (Å²) in [7, 11) is 0. The van der Waals surface area contributed by atoms with Crippen LogP contribution in [0.5, 0.6) is 0 Å². The van der Waals surface area contributed by atoms with E-state index >= 15 is 0 Å². The van der Waals surface area contributed by atoms with Crippen molar-refractivity contribution in [3.8, 4) is 0 Å². The molecule has 1 atom stereocenters. The second-order valence-corrected chi connectivity index (χ2v) is 5.25. The van der Waals surface area contributed by atoms with E-state index in [0.717, 1.165) is 11.5 Å². The number of benzene rings is 1. The summed E-state index contributed by atoms with van der Waals surface area (Å²) < 4.78 is 0. The number of nitrogens with one attached hydrogen (secondary N) is 2. The average Bonchev–Trinajstić information content (AvgIpc) is 2.38. The van der Waals surface area contributed by atoms with Crippen molar-refractivity contribution in [3.63, 3.8) is 0 Å². The Hall–Kier alpha value is -1.94. The number of anilines is 1. The maximum Gasteiger partial charge on any atom is 0.172 e. The Kier molecular flexibility index (Phi) is 4.69. The number of rotatable bonds is 3. The third-order valence-corrected chi connectivity index (χ3v) is 3.35. The van der Waals surface area contributed by atoms with Crippen LogP contribution in [0.1, 0.15) is 29.8 Å². The predicted molar refractivity (Wildman–Crippen MR) is 87.9 cm³/mol. The molecule has 0 radical (unpaired) electrons. The van der Waals surface area contributed by atoms with E-state index in [1.54, 1.807) is 0 Å². The molecule has 0 aliphatic rings. The monoisotopic (exact) mass is 285 g/mol. The molecule has 1 aromatic carbocycles. The first-order valence-corrected chi connectivity index (χ1v) is 7.04. The third-order valence-electron chi connectivity index (χ3n) is 3.13. The molecule has 20 heavy (non-hydrogen) atoms. The molecule has 104 valence electrons. The highest BCUT2D eigenvalue weighted by Crippen LogP contribution is 2.16. The molecular formula is C16H19N3S. The fraction of sp³-hybridized carbons (Fsp3) is 0.250. The summed E-state index contributed by atoms with van der Waals surface area (Å²) in [6.07, 6.45) is 0. The first-order chi connectivity index (χ1) is 9.56. The van der Waals surface area contributed by atoms with Crippen molar-refractivity contribution in [2.45, 2.75) is 26.8 Å². The molecule has 2 N–H and O–H groups in total. The standard InChI is InChI=1S/C16H19N3S/c1-11-7-4-5-9-14(11)13(3)18-16(20)19-15-10-6-8-12(2)17-15/h4-10,13H,1-3H3,(H2,17,18,19,20)/t13-/m1/s1. The minimum Gasteiger partial charge on any atom is -0.356 e. The van der Waals surface area contributed by atoms with Crippen LogP contribution in [-0.2, 0) is 0 Å². The van der Waals surface area contributed by atoms with Gasteiger partial charge < -0.3 is 10.6 Å². The molecule has 0 fully saturated rings. The Morgan fingerprint density at radius 2 is 1.85 bits per heavy atom. The van der Waals surface area contributed by atoms with Gasteiger partial charge >= 0.3 is 0 Å². The van der Waals surface area contributed by atoms with Crippen LogP contribution in [-0.4, -0.2) is 10.1 Å². The lowest BCUT2D eigenvalue weighted by Crippen LogP contribution is -2.31. The van der Waals surface area contributed by atoms with Crippen molar-refractivity contribution in [3.05, 3.63) is 59.3 Å². The first kappa shape index (κ1) is 14.5. The zero-order chi connectivity index (χ0) is 14.5. The van der Waals surface area contributed by atoms with Gasteiger partial charge in [-0.25, -0.2) is 4.98 Å². The van der Waals surface area contributed by atoms with Gasteiger partial charge in [-0.05, 0) is 56.2 Å². The molecule has 1 aromatic heterocycles. The van der Waals surface area contributed by atoms with Crippen LogP contribution >= 0.6 is 12.2 Å². The maximum atomic E-state index is 5.34. The SMILES string of the molecule is Cc1cccc(NC(=S)N[C@H](C)c2ccccc2C)n1. The van der Waals surface area contributed by atoms with Crippen LogP contribution in [0.3, 0.4) is 0 Å². The van der Waals surface area contributed by atoms with Crippen LogP contribution < -0.4 is 10.6 Å². The number of nitrogens with zero attached hydrogens (tertiary/aromatic N) is 1. The zero-order valence-corrected chi connectivity index (χ0v) is 12.8. The van der Waals surface area contributed by atoms with E-state index in [9.17, 15) is 0 Å². The molecule has 0 saturated heterocycles. The Bertz CT molecular complexity index is 610. The fourth-order valence-corrected chi connectivity index (χ4v) is 2.39. The van der Waals surface area contributed by atoms with Gasteiger partial charge in [0.25, 0.3) is 0 Å². The van der Waals surface area contributed by atoms with E-state index in [4.69, 9.17) is 12.2 Å². The third kappa shape index (κ3) is 3.78. The largest absolute Gasteiger partial charge is 0.356 e. The number of pyridine rings is 1. The predicted octanol–water partition coefficient (Wildman–Crippen LogP) is 3.75. The molecular weight excluding hydrogens is 266 g/mol. The molecule has 3 nitrogen and oxygen atoms in total. The number of thiocarbonyl (C=S) groups is 1. The minimum absolute atomic E-state index is 0.154. The molecule has 2 rings (SSSR count). The van der Waals surface area contributed by atoms with Gasteiger partial charge in [-0.3, -0.25) is 0 Å². The molecule has 0 unspecified atom stereocenters. The van der Waals surface area contributed by atoms with Gasteiger partial charge in [0, 0.05) is 5.69 Å². The van der Waals surface area contributed by atoms with Gasteiger partial charge in [0.05, 0.1) is 6.04 Å². The summed E-state index contributed by atoms with van der Waals surface area (Å²) in [5.74, 6) is 0.763. The summed E-state index contributed by atoms with van der Waals surface area (Å²) in [6, 6.07) is 14.3. The smallest absolute Gasteiger partial charge is 0.172 e. The Morgan fingerprint density at radius 3 is 2.55 bits per heavy atom. The van der Waals surface area contributed by atoms with Crippen molar-refractivity contribution in [1.29, 1.82) is 0 Å². The lowest BCUT2D eigenvalue weighted by atomic mass is 10.0. The van der Waals surface area contributed by atoms with Crippen molar-refractivity contribution in [2.75, 3.05) is 5.32 Å². The van der Waals surface area contributed by atoms with Crippen molar-refractivity contribution in [1.82, 2.24) is 10.3 Å². The number of hydrogen-bond donors (Lipinski definition) is 2. The molecule has 2 aromatic rings. The second kappa shape index (κ2) is 6.48. The topological polar surface area (TPSA) is 37.0 Å². The Labute approximate surface area is 125 Å². The minimum atomic E-state index is 0.154. The van der Waals surface area contributed by atoms with E-state index < -0.39 is 0 Å². The summed E-state index contributed by atoms with van der Waals surface area (Å²) >= 11 is 5.34. The summed E-state index contributed by atoms with van der Waals surface area (Å²) in [5.41, 5.74) is 3.46. The maximum absolute atomic E-state index is 5.34. The highest BCUT2D eigenvalue weighted by Gasteiger charge is 2.09. The Balaban J connectivity index is 2.00. The quantitative estimate of drug-likeness (QED) is 0.842. The molecule has 4 heteroatoms. The van der Waals surface area contributed by atoms with Crippen molar-refractivity contribution >= 4 is 23.1 Å². The van der Waals surface area contributed by atoms with E-state index in [1.165, 1.54) is 11.1 Å². The lowest BCUT2D eigenvalue weighted by Gasteiger charge is -2.18. The highest BCUT2D eigenvalue weighted by atomic mass is 32.1. The van der Waals surface area contributed by atoms with E-state index in [1.807, 2.05) is 37.3 Å². The van der Waals surface area contributed by atoms with Crippen LogP contribution in [0.25, 0.3) is 0 Å². The number of aryl methyl sites for hydroxylation is 2. The summed E-state index contributed by atoms with van der Waals surface area (Å²) in [6.45, 7) is 6.16. The molecule has 0 aliphatic carbocycles. The molecule has 0 amide bonds. The van der Waals surface area contributed by atoms with Crippen molar-refractivity contribution < 1.29 is 0 Å². The van der Waals surface area contributed by atoms with Crippen LogP contribution in [0.2, 0.25) is 0 Å². The molecule has 0 bridgehead atoms. The van der Waals surface area contributed by atoms with Gasteiger partial charge in [-0.15, -0.1) is 0 Å². The lowest BCUT2D eigenvalue weighted by molar-refractivity contribution is 0.717. The number of aromatic nitrogens is 1. The first-order valence-electron chi connectivity index (χ1n) is 6.63. The van der Waals surface area contributed by atoms with Gasteiger partial charge in [-0.1, -0.05) is 30.3 Å². The molecule has 0 saturated carbocycles. The van der Waals surface area contributed by atoms with Gasteiger partial charge in [0.1, 0.15) is 5.82 Å². The summed E-state index contributed by atoms with van der Waals surface area (Å²) in [5, 5.41) is 6.98. The zero-order valence-electron chi connectivity index (χ0n) is 12.0. The Morgan fingerprint density at radius 1 is 1.10 bits per heavy atom. The number of hydrogen-bond acceptors (Lipinski definition) is 2. The molecule has 0 spiro atoms. The average molecular weight is 285 g/mol. The molecule has 1 heterocycles. The van der Waals surface area contributed by atoms with E-state index in [-0.39, 0.29) is 6.04 Å².